The van der Waals surface area contributed by atoms with E-state index in [-0.39, 0.29) is 0 Å². The van der Waals surface area contributed by atoms with E-state index in [2.05, 4.69) is 24.0 Å². The highest BCUT2D eigenvalue weighted by molar-refractivity contribution is 5.75. The van der Waals surface area contributed by atoms with Crippen molar-refractivity contribution in [3.63, 3.8) is 0 Å². The first-order valence-corrected chi connectivity index (χ1v) is 6.25. The summed E-state index contributed by atoms with van der Waals surface area (Å²) in [5.74, 6) is 0.685. The minimum absolute atomic E-state index is 0.685. The fraction of sp³-hybridized carbons (Fsp3) is 0.188. The average molecular weight is 239 g/mol. The minimum atomic E-state index is 0.685. The van der Waals surface area contributed by atoms with Gasteiger partial charge in [-0.2, -0.15) is 0 Å². The van der Waals surface area contributed by atoms with Gasteiger partial charge in [-0.15, -0.1) is 0 Å². The summed E-state index contributed by atoms with van der Waals surface area (Å²) in [6, 6.07) is 16.0. The van der Waals surface area contributed by atoms with Crippen LogP contribution < -0.4 is 0 Å². The van der Waals surface area contributed by atoms with E-state index in [1.807, 2.05) is 50.2 Å². The number of hydrogen-bond acceptors (Lipinski definition) is 2. The molecule has 0 bridgehead atoms. The van der Waals surface area contributed by atoms with Crippen molar-refractivity contribution < 1.29 is 4.42 Å². The minimum Gasteiger partial charge on any atom is -0.436 e. The van der Waals surface area contributed by atoms with Crippen molar-refractivity contribution in [2.75, 3.05) is 0 Å². The molecular formula is C16H17NO. The SMILES string of the molecule is CC.Cc1cccc(-c2nc3ccccc3o2)c1. The summed E-state index contributed by atoms with van der Waals surface area (Å²) in [5.41, 5.74) is 3.97. The molecule has 0 N–H and O–H groups in total. The summed E-state index contributed by atoms with van der Waals surface area (Å²) in [6.45, 7) is 6.06. The number of aryl methyl sites for hydroxylation is 1. The molecule has 3 rings (SSSR count). The van der Waals surface area contributed by atoms with Crippen molar-refractivity contribution in [1.82, 2.24) is 4.98 Å². The Morgan fingerprint density at radius 1 is 0.944 bits per heavy atom. The van der Waals surface area contributed by atoms with Crippen LogP contribution in [-0.4, -0.2) is 4.98 Å². The monoisotopic (exact) mass is 239 g/mol. The van der Waals surface area contributed by atoms with Crippen LogP contribution in [0.25, 0.3) is 22.6 Å². The lowest BCUT2D eigenvalue weighted by atomic mass is 10.1. The van der Waals surface area contributed by atoms with E-state index >= 15 is 0 Å². The molecule has 0 fully saturated rings. The zero-order valence-corrected chi connectivity index (χ0v) is 11.0. The van der Waals surface area contributed by atoms with Crippen LogP contribution in [0.4, 0.5) is 0 Å². The molecule has 2 aromatic carbocycles. The van der Waals surface area contributed by atoms with Crippen molar-refractivity contribution >= 4 is 11.1 Å². The molecule has 1 heterocycles. The lowest BCUT2D eigenvalue weighted by molar-refractivity contribution is 0.620. The second-order valence-corrected chi connectivity index (χ2v) is 3.86. The molecule has 18 heavy (non-hydrogen) atoms. The van der Waals surface area contributed by atoms with Crippen LogP contribution in [-0.2, 0) is 0 Å². The van der Waals surface area contributed by atoms with Crippen molar-refractivity contribution in [2.24, 2.45) is 0 Å². The van der Waals surface area contributed by atoms with Crippen LogP contribution in [0, 0.1) is 6.92 Å². The molecule has 92 valence electrons. The molecule has 3 aromatic rings. The Labute approximate surface area is 107 Å². The molecule has 0 aliphatic carbocycles. The Hall–Kier alpha value is -2.09. The quantitative estimate of drug-likeness (QED) is 0.608. The van der Waals surface area contributed by atoms with Gasteiger partial charge in [-0.1, -0.05) is 43.7 Å². The maximum atomic E-state index is 5.70. The molecule has 0 atom stereocenters. The number of fused-ring (bicyclic) bond motifs is 1. The zero-order valence-electron chi connectivity index (χ0n) is 11.0. The fourth-order valence-corrected chi connectivity index (χ4v) is 1.77. The number of nitrogens with zero attached hydrogens (tertiary/aromatic N) is 1. The van der Waals surface area contributed by atoms with Crippen LogP contribution in [0.2, 0.25) is 0 Å². The summed E-state index contributed by atoms with van der Waals surface area (Å²) < 4.78 is 5.70. The van der Waals surface area contributed by atoms with E-state index < -0.39 is 0 Å². The Morgan fingerprint density at radius 2 is 1.72 bits per heavy atom. The van der Waals surface area contributed by atoms with Gasteiger partial charge in [0.25, 0.3) is 0 Å². The van der Waals surface area contributed by atoms with E-state index in [1.165, 1.54) is 5.56 Å². The molecule has 0 aliphatic rings. The first-order chi connectivity index (χ1) is 8.83. The van der Waals surface area contributed by atoms with Gasteiger partial charge in [0, 0.05) is 5.56 Å². The number of oxazole rings is 1. The summed E-state index contributed by atoms with van der Waals surface area (Å²) >= 11 is 0. The highest BCUT2D eigenvalue weighted by atomic mass is 16.3. The van der Waals surface area contributed by atoms with Gasteiger partial charge in [0.15, 0.2) is 5.58 Å². The van der Waals surface area contributed by atoms with Gasteiger partial charge in [0.1, 0.15) is 5.52 Å². The molecule has 0 saturated heterocycles. The van der Waals surface area contributed by atoms with Crippen molar-refractivity contribution in [3.05, 3.63) is 54.1 Å². The number of hydrogen-bond donors (Lipinski definition) is 0. The third-order valence-corrected chi connectivity index (χ3v) is 2.56. The number of rotatable bonds is 1. The van der Waals surface area contributed by atoms with Crippen LogP contribution >= 0.6 is 0 Å². The van der Waals surface area contributed by atoms with Crippen LogP contribution in [0.1, 0.15) is 19.4 Å². The molecule has 0 radical (unpaired) electrons. The Kier molecular flexibility index (Phi) is 3.78. The fourth-order valence-electron chi connectivity index (χ4n) is 1.77. The average Bonchev–Trinajstić information content (AvgIpc) is 2.85. The summed E-state index contributed by atoms with van der Waals surface area (Å²) in [6.07, 6.45) is 0. The molecular weight excluding hydrogens is 222 g/mol. The highest BCUT2D eigenvalue weighted by Crippen LogP contribution is 2.24. The van der Waals surface area contributed by atoms with Crippen LogP contribution in [0.15, 0.2) is 52.9 Å². The van der Waals surface area contributed by atoms with Crippen molar-refractivity contribution in [2.45, 2.75) is 20.8 Å². The molecule has 0 spiro atoms. The predicted molar refractivity (Wildman–Crippen MR) is 75.5 cm³/mol. The largest absolute Gasteiger partial charge is 0.436 e. The Balaban J connectivity index is 0.000000574. The lowest BCUT2D eigenvalue weighted by Gasteiger charge is -1.95. The maximum Gasteiger partial charge on any atom is 0.227 e. The summed E-state index contributed by atoms with van der Waals surface area (Å²) in [4.78, 5) is 4.46. The number of benzene rings is 2. The molecule has 2 heteroatoms. The van der Waals surface area contributed by atoms with Gasteiger partial charge in [-0.05, 0) is 31.2 Å². The lowest BCUT2D eigenvalue weighted by Crippen LogP contribution is -1.78. The second-order valence-electron chi connectivity index (χ2n) is 3.86. The van der Waals surface area contributed by atoms with Gasteiger partial charge in [-0.3, -0.25) is 0 Å². The zero-order chi connectivity index (χ0) is 13.0. The topological polar surface area (TPSA) is 26.0 Å². The van der Waals surface area contributed by atoms with E-state index in [1.54, 1.807) is 0 Å². The van der Waals surface area contributed by atoms with Gasteiger partial charge in [0.2, 0.25) is 5.89 Å². The number of aromatic nitrogens is 1. The van der Waals surface area contributed by atoms with Gasteiger partial charge in [0.05, 0.1) is 0 Å². The van der Waals surface area contributed by atoms with Crippen molar-refractivity contribution in [3.8, 4) is 11.5 Å². The first-order valence-electron chi connectivity index (χ1n) is 6.25. The molecule has 0 aliphatic heterocycles. The van der Waals surface area contributed by atoms with E-state index in [0.717, 1.165) is 16.7 Å². The molecule has 1 aromatic heterocycles. The van der Waals surface area contributed by atoms with Gasteiger partial charge in [-0.25, -0.2) is 4.98 Å². The summed E-state index contributed by atoms with van der Waals surface area (Å²) in [5, 5.41) is 0. The smallest absolute Gasteiger partial charge is 0.227 e. The van der Waals surface area contributed by atoms with E-state index in [9.17, 15) is 0 Å². The Bertz CT molecular complexity index is 607. The standard InChI is InChI=1S/C14H11NO.C2H6/c1-10-5-4-6-11(9-10)14-15-12-7-2-3-8-13(12)16-14;1-2/h2-9H,1H3;1-2H3. The van der Waals surface area contributed by atoms with Crippen LogP contribution in [0.3, 0.4) is 0 Å². The molecule has 0 saturated carbocycles. The van der Waals surface area contributed by atoms with Gasteiger partial charge >= 0.3 is 0 Å². The predicted octanol–water partition coefficient (Wildman–Crippen LogP) is 4.83. The third kappa shape index (κ3) is 2.43. The first kappa shape index (κ1) is 12.4. The maximum absolute atomic E-state index is 5.70. The molecule has 0 unspecified atom stereocenters. The highest BCUT2D eigenvalue weighted by Gasteiger charge is 2.06. The van der Waals surface area contributed by atoms with E-state index in [0.29, 0.717) is 5.89 Å². The normalized spacial score (nSPS) is 9.94. The van der Waals surface area contributed by atoms with Gasteiger partial charge < -0.3 is 4.42 Å². The summed E-state index contributed by atoms with van der Waals surface area (Å²) in [7, 11) is 0. The second kappa shape index (κ2) is 5.50. The van der Waals surface area contributed by atoms with E-state index in [4.69, 9.17) is 4.42 Å². The van der Waals surface area contributed by atoms with Crippen LogP contribution in [0.5, 0.6) is 0 Å². The third-order valence-electron chi connectivity index (χ3n) is 2.56. The number of para-hydroxylation sites is 2. The van der Waals surface area contributed by atoms with Crippen molar-refractivity contribution in [1.29, 1.82) is 0 Å². The Morgan fingerprint density at radius 3 is 2.44 bits per heavy atom. The molecule has 2 nitrogen and oxygen atoms in total. The molecule has 0 amide bonds.